The smallest absolute Gasteiger partial charge is 0.122 e. The van der Waals surface area contributed by atoms with E-state index in [1.54, 1.807) is 6.26 Å². The summed E-state index contributed by atoms with van der Waals surface area (Å²) >= 11 is 0. The number of hydrogen-bond acceptors (Lipinski definition) is 2. The van der Waals surface area contributed by atoms with Gasteiger partial charge in [0.15, 0.2) is 0 Å². The van der Waals surface area contributed by atoms with Gasteiger partial charge in [-0.3, -0.25) is 0 Å². The first-order valence-corrected chi connectivity index (χ1v) is 5.14. The molecule has 0 aromatic heterocycles. The molecule has 1 aliphatic rings. The van der Waals surface area contributed by atoms with Crippen molar-refractivity contribution in [1.82, 2.24) is 4.72 Å². The third kappa shape index (κ3) is 2.52. The summed E-state index contributed by atoms with van der Waals surface area (Å²) in [7, 11) is -1.03. The Labute approximate surface area is 75.8 Å². The molecule has 12 heavy (non-hydrogen) atoms. The van der Waals surface area contributed by atoms with E-state index in [9.17, 15) is 4.21 Å². The Morgan fingerprint density at radius 2 is 2.25 bits per heavy atom. The van der Waals surface area contributed by atoms with Gasteiger partial charge in [0.1, 0.15) is 17.2 Å². The molecule has 0 aromatic carbocycles. The largest absolute Gasteiger partial charge is 0.499 e. The van der Waals surface area contributed by atoms with Crippen LogP contribution in [0.5, 0.6) is 0 Å². The Morgan fingerprint density at radius 1 is 1.58 bits per heavy atom. The molecule has 0 spiro atoms. The molecule has 1 atom stereocenters. The standard InChI is InChI=1S/C8H15NO2S/c1-8(2,3)12(10)9-7-4-5-11-6-7/h6,9H,4-5H2,1-3H3. The van der Waals surface area contributed by atoms with Gasteiger partial charge in [-0.1, -0.05) is 0 Å². The lowest BCUT2D eigenvalue weighted by Gasteiger charge is -2.18. The average Bonchev–Trinajstić information content (AvgIpc) is 2.37. The fourth-order valence-corrected chi connectivity index (χ4v) is 1.43. The fourth-order valence-electron chi connectivity index (χ4n) is 0.735. The number of hydrogen-bond donors (Lipinski definition) is 1. The van der Waals surface area contributed by atoms with Crippen LogP contribution >= 0.6 is 0 Å². The molecule has 0 aliphatic carbocycles. The van der Waals surface area contributed by atoms with E-state index < -0.39 is 11.0 Å². The summed E-state index contributed by atoms with van der Waals surface area (Å²) in [5.74, 6) is 0. The maximum Gasteiger partial charge on any atom is 0.122 e. The second-order valence-corrected chi connectivity index (χ2v) is 5.71. The Kier molecular flexibility index (Phi) is 2.77. The van der Waals surface area contributed by atoms with Crippen LogP contribution in [-0.2, 0) is 15.7 Å². The molecular formula is C8H15NO2S. The second kappa shape index (κ2) is 3.47. The summed E-state index contributed by atoms with van der Waals surface area (Å²) in [5.41, 5.74) is 0.934. The van der Waals surface area contributed by atoms with Gasteiger partial charge >= 0.3 is 0 Å². The minimum atomic E-state index is -1.03. The highest BCUT2D eigenvalue weighted by atomic mass is 32.2. The minimum Gasteiger partial charge on any atom is -0.499 e. The van der Waals surface area contributed by atoms with E-state index in [-0.39, 0.29) is 4.75 Å². The van der Waals surface area contributed by atoms with E-state index in [0.29, 0.717) is 6.61 Å². The van der Waals surface area contributed by atoms with Crippen molar-refractivity contribution in [3.8, 4) is 0 Å². The van der Waals surface area contributed by atoms with E-state index in [1.165, 1.54) is 0 Å². The molecule has 70 valence electrons. The van der Waals surface area contributed by atoms with Crippen LogP contribution in [0, 0.1) is 0 Å². The molecule has 1 N–H and O–H groups in total. The third-order valence-electron chi connectivity index (χ3n) is 1.49. The zero-order valence-corrected chi connectivity index (χ0v) is 8.53. The molecule has 0 aromatic rings. The van der Waals surface area contributed by atoms with E-state index >= 15 is 0 Å². The fraction of sp³-hybridized carbons (Fsp3) is 0.750. The van der Waals surface area contributed by atoms with E-state index in [4.69, 9.17) is 4.74 Å². The topological polar surface area (TPSA) is 38.3 Å². The highest BCUT2D eigenvalue weighted by molar-refractivity contribution is 7.84. The van der Waals surface area contributed by atoms with Crippen molar-refractivity contribution in [2.45, 2.75) is 31.9 Å². The lowest BCUT2D eigenvalue weighted by atomic mass is 10.3. The van der Waals surface area contributed by atoms with E-state index in [2.05, 4.69) is 4.72 Å². The van der Waals surface area contributed by atoms with Crippen molar-refractivity contribution in [3.05, 3.63) is 12.0 Å². The minimum absolute atomic E-state index is 0.219. The molecule has 1 unspecified atom stereocenters. The van der Waals surface area contributed by atoms with Gasteiger partial charge in [-0.15, -0.1) is 0 Å². The molecule has 0 bridgehead atoms. The SMILES string of the molecule is CC(C)(C)S(=O)NC1=COCC1. The molecule has 3 nitrogen and oxygen atoms in total. The van der Waals surface area contributed by atoms with Gasteiger partial charge in [-0.25, -0.2) is 4.21 Å². The molecule has 4 heteroatoms. The molecule has 0 fully saturated rings. The van der Waals surface area contributed by atoms with Crippen molar-refractivity contribution in [3.63, 3.8) is 0 Å². The third-order valence-corrected chi connectivity index (χ3v) is 3.05. The molecule has 1 aliphatic heterocycles. The Hall–Kier alpha value is -0.510. The maximum absolute atomic E-state index is 11.5. The lowest BCUT2D eigenvalue weighted by Crippen LogP contribution is -2.32. The van der Waals surface area contributed by atoms with Crippen molar-refractivity contribution in [2.75, 3.05) is 6.61 Å². The number of rotatable bonds is 2. The van der Waals surface area contributed by atoms with Gasteiger partial charge in [0.05, 0.1) is 17.1 Å². The molecule has 0 amide bonds. The van der Waals surface area contributed by atoms with E-state index in [0.717, 1.165) is 12.1 Å². The van der Waals surface area contributed by atoms with Crippen LogP contribution in [0.2, 0.25) is 0 Å². The zero-order chi connectivity index (χ0) is 9.19. The Morgan fingerprint density at radius 3 is 2.67 bits per heavy atom. The number of ether oxygens (including phenoxy) is 1. The lowest BCUT2D eigenvalue weighted by molar-refractivity contribution is 0.281. The van der Waals surface area contributed by atoms with Gasteiger partial charge in [0, 0.05) is 6.42 Å². The van der Waals surface area contributed by atoms with Gasteiger partial charge in [0.25, 0.3) is 0 Å². The first-order chi connectivity index (χ1) is 5.50. The number of nitrogens with one attached hydrogen (secondary N) is 1. The van der Waals surface area contributed by atoms with Crippen LogP contribution < -0.4 is 4.72 Å². The highest BCUT2D eigenvalue weighted by Crippen LogP contribution is 2.13. The van der Waals surface area contributed by atoms with Gasteiger partial charge in [0.2, 0.25) is 0 Å². The summed E-state index contributed by atoms with van der Waals surface area (Å²) in [4.78, 5) is 0. The second-order valence-electron chi connectivity index (χ2n) is 3.75. The van der Waals surface area contributed by atoms with Crippen molar-refractivity contribution in [2.24, 2.45) is 0 Å². The molecule has 0 radical (unpaired) electrons. The van der Waals surface area contributed by atoms with Crippen molar-refractivity contribution >= 4 is 11.0 Å². The molecule has 1 heterocycles. The maximum atomic E-state index is 11.5. The normalized spacial score (nSPS) is 19.8. The van der Waals surface area contributed by atoms with Crippen molar-refractivity contribution in [1.29, 1.82) is 0 Å². The summed E-state index contributed by atoms with van der Waals surface area (Å²) in [6.07, 6.45) is 2.48. The molecule has 0 saturated carbocycles. The molecule has 0 saturated heterocycles. The van der Waals surface area contributed by atoms with Gasteiger partial charge < -0.3 is 9.46 Å². The predicted molar refractivity (Wildman–Crippen MR) is 49.7 cm³/mol. The zero-order valence-electron chi connectivity index (χ0n) is 7.72. The van der Waals surface area contributed by atoms with Crippen LogP contribution in [0.3, 0.4) is 0 Å². The van der Waals surface area contributed by atoms with Crippen LogP contribution in [0.1, 0.15) is 27.2 Å². The molecule has 1 rings (SSSR count). The summed E-state index contributed by atoms with van der Waals surface area (Å²) in [5, 5.41) is 0. The van der Waals surface area contributed by atoms with Crippen LogP contribution in [0.15, 0.2) is 12.0 Å². The quantitative estimate of drug-likeness (QED) is 0.711. The van der Waals surface area contributed by atoms with Crippen LogP contribution in [0.4, 0.5) is 0 Å². The predicted octanol–water partition coefficient (Wildman–Crippen LogP) is 1.30. The van der Waals surface area contributed by atoms with Crippen molar-refractivity contribution < 1.29 is 8.95 Å². The summed E-state index contributed by atoms with van der Waals surface area (Å²) in [6, 6.07) is 0. The van der Waals surface area contributed by atoms with E-state index in [1.807, 2.05) is 20.8 Å². The Bertz CT molecular complexity index is 218. The highest BCUT2D eigenvalue weighted by Gasteiger charge is 2.21. The van der Waals surface area contributed by atoms with Gasteiger partial charge in [-0.05, 0) is 20.8 Å². The van der Waals surface area contributed by atoms with Crippen LogP contribution in [-0.4, -0.2) is 15.6 Å². The van der Waals surface area contributed by atoms with Gasteiger partial charge in [-0.2, -0.15) is 0 Å². The summed E-state index contributed by atoms with van der Waals surface area (Å²) < 4.78 is 19.2. The first kappa shape index (κ1) is 9.58. The molecular weight excluding hydrogens is 174 g/mol. The van der Waals surface area contributed by atoms with Crippen LogP contribution in [0.25, 0.3) is 0 Å². The Balaban J connectivity index is 2.46. The summed E-state index contributed by atoms with van der Waals surface area (Å²) in [6.45, 7) is 6.51. The average molecular weight is 189 g/mol. The first-order valence-electron chi connectivity index (χ1n) is 3.99. The monoisotopic (exact) mass is 189 g/mol.